The first-order valence-corrected chi connectivity index (χ1v) is 10.1. The van der Waals surface area contributed by atoms with Crippen LogP contribution in [0.3, 0.4) is 0 Å². The Balaban J connectivity index is 1.66. The highest BCUT2D eigenvalue weighted by molar-refractivity contribution is 6.00. The van der Waals surface area contributed by atoms with E-state index in [9.17, 15) is 23.1 Å². The number of carboxylic acids is 1. The lowest BCUT2D eigenvalue weighted by Gasteiger charge is -2.32. The smallest absolute Gasteiger partial charge is 0.416 e. The van der Waals surface area contributed by atoms with Crippen molar-refractivity contribution in [2.45, 2.75) is 25.1 Å². The monoisotopic (exact) mass is 446 g/mol. The minimum Gasteiger partial charge on any atom is -0.507 e. The first kappa shape index (κ1) is 21.8. The Morgan fingerprint density at radius 3 is 2.59 bits per heavy atom. The lowest BCUT2D eigenvalue weighted by molar-refractivity contribution is -0.139. The SMILES string of the molecule is O=C(O)CN1CCC[C@@H](Nc2nnc(-c3ccc(C(F)(F)F)cc3O)c3ccccc23)C1. The topological polar surface area (TPSA) is 98.6 Å². The van der Waals surface area contributed by atoms with Crippen LogP contribution in [-0.2, 0) is 11.0 Å². The number of carboxylic acid groups (broad SMARTS) is 1. The molecule has 1 aliphatic rings. The molecule has 1 aliphatic heterocycles. The van der Waals surface area contributed by atoms with Gasteiger partial charge in [0.2, 0.25) is 0 Å². The van der Waals surface area contributed by atoms with Crippen LogP contribution in [0.5, 0.6) is 5.75 Å². The number of fused-ring (bicyclic) bond motifs is 1. The predicted molar refractivity (Wildman–Crippen MR) is 112 cm³/mol. The van der Waals surface area contributed by atoms with Crippen molar-refractivity contribution in [2.75, 3.05) is 25.0 Å². The van der Waals surface area contributed by atoms with E-state index in [2.05, 4.69) is 15.5 Å². The molecule has 4 rings (SSSR count). The molecule has 0 spiro atoms. The standard InChI is InChI=1S/C22H21F3N4O3/c23-22(24,25)13-7-8-17(18(30)10-13)20-15-5-1-2-6-16(15)21(28-27-20)26-14-4-3-9-29(11-14)12-19(31)32/h1-2,5-8,10,14,30H,3-4,9,11-12H2,(H,26,28)(H,31,32)/t14-/m1/s1. The number of halogens is 3. The molecule has 1 saturated heterocycles. The fourth-order valence-electron chi connectivity index (χ4n) is 4.02. The van der Waals surface area contributed by atoms with E-state index in [0.29, 0.717) is 35.7 Å². The van der Waals surface area contributed by atoms with Gasteiger partial charge in [-0.3, -0.25) is 9.69 Å². The second-order valence-electron chi connectivity index (χ2n) is 7.78. The van der Waals surface area contributed by atoms with Gasteiger partial charge in [0, 0.05) is 28.9 Å². The molecule has 3 aromatic rings. The maximum absolute atomic E-state index is 12.9. The average molecular weight is 446 g/mol. The van der Waals surface area contributed by atoms with Gasteiger partial charge in [0.05, 0.1) is 12.1 Å². The largest absolute Gasteiger partial charge is 0.507 e. The van der Waals surface area contributed by atoms with Crippen LogP contribution in [-0.4, -0.2) is 57.0 Å². The van der Waals surface area contributed by atoms with Crippen molar-refractivity contribution in [1.29, 1.82) is 0 Å². The van der Waals surface area contributed by atoms with Gasteiger partial charge in [0.25, 0.3) is 0 Å². The third-order valence-corrected chi connectivity index (χ3v) is 5.47. The number of hydrogen-bond acceptors (Lipinski definition) is 6. The maximum atomic E-state index is 12.9. The van der Waals surface area contributed by atoms with Crippen LogP contribution in [0.2, 0.25) is 0 Å². The lowest BCUT2D eigenvalue weighted by atomic mass is 10.0. The number of phenolic OH excluding ortho intramolecular Hbond substituents is 1. The predicted octanol–water partition coefficient (Wildman–Crippen LogP) is 3.98. The highest BCUT2D eigenvalue weighted by atomic mass is 19.4. The summed E-state index contributed by atoms with van der Waals surface area (Å²) in [5.74, 6) is -0.911. The highest BCUT2D eigenvalue weighted by Crippen LogP contribution is 2.38. The van der Waals surface area contributed by atoms with E-state index in [1.54, 1.807) is 12.1 Å². The molecule has 0 unspecified atom stereocenters. The summed E-state index contributed by atoms with van der Waals surface area (Å²) < 4.78 is 38.8. The number of anilines is 1. The molecule has 2 aromatic carbocycles. The average Bonchev–Trinajstić information content (AvgIpc) is 2.73. The number of benzene rings is 2. The number of aliphatic carboxylic acids is 1. The van der Waals surface area contributed by atoms with Gasteiger partial charge in [-0.15, -0.1) is 10.2 Å². The summed E-state index contributed by atoms with van der Waals surface area (Å²) in [6.45, 7) is 1.23. The van der Waals surface area contributed by atoms with E-state index in [1.807, 2.05) is 17.0 Å². The van der Waals surface area contributed by atoms with Gasteiger partial charge in [0.1, 0.15) is 11.4 Å². The summed E-state index contributed by atoms with van der Waals surface area (Å²) in [5, 5.41) is 32.4. The molecule has 0 amide bonds. The van der Waals surface area contributed by atoms with Crippen LogP contribution in [0.15, 0.2) is 42.5 Å². The number of carbonyl (C=O) groups is 1. The molecule has 1 fully saturated rings. The summed E-state index contributed by atoms with van der Waals surface area (Å²) in [4.78, 5) is 12.9. The van der Waals surface area contributed by atoms with Gasteiger partial charge in [-0.1, -0.05) is 24.3 Å². The van der Waals surface area contributed by atoms with Gasteiger partial charge >= 0.3 is 12.1 Å². The molecule has 7 nitrogen and oxygen atoms in total. The van der Waals surface area contributed by atoms with Crippen molar-refractivity contribution in [3.63, 3.8) is 0 Å². The lowest BCUT2D eigenvalue weighted by Crippen LogP contribution is -2.44. The number of alkyl halides is 3. The van der Waals surface area contributed by atoms with E-state index in [1.165, 1.54) is 6.07 Å². The normalized spacial score (nSPS) is 17.4. The Morgan fingerprint density at radius 2 is 1.91 bits per heavy atom. The van der Waals surface area contributed by atoms with Crippen molar-refractivity contribution >= 4 is 22.6 Å². The summed E-state index contributed by atoms with van der Waals surface area (Å²) in [6, 6.07) is 9.90. The summed E-state index contributed by atoms with van der Waals surface area (Å²) in [5.41, 5.74) is -0.524. The number of piperidine rings is 1. The number of phenols is 1. The van der Waals surface area contributed by atoms with E-state index in [4.69, 9.17) is 5.11 Å². The van der Waals surface area contributed by atoms with Gasteiger partial charge in [-0.2, -0.15) is 13.2 Å². The fraction of sp³-hybridized carbons (Fsp3) is 0.318. The first-order chi connectivity index (χ1) is 15.2. The van der Waals surface area contributed by atoms with Crippen molar-refractivity contribution < 1.29 is 28.2 Å². The number of hydrogen-bond donors (Lipinski definition) is 3. The number of nitrogens with zero attached hydrogens (tertiary/aromatic N) is 3. The quantitative estimate of drug-likeness (QED) is 0.545. The zero-order valence-electron chi connectivity index (χ0n) is 16.9. The van der Waals surface area contributed by atoms with Crippen LogP contribution >= 0.6 is 0 Å². The zero-order valence-corrected chi connectivity index (χ0v) is 16.9. The minimum atomic E-state index is -4.56. The molecule has 1 aromatic heterocycles. The van der Waals surface area contributed by atoms with Crippen molar-refractivity contribution in [3.05, 3.63) is 48.0 Å². The van der Waals surface area contributed by atoms with Crippen LogP contribution in [0.1, 0.15) is 18.4 Å². The highest BCUT2D eigenvalue weighted by Gasteiger charge is 2.31. The molecule has 0 bridgehead atoms. The molecule has 2 heterocycles. The molecule has 0 saturated carbocycles. The van der Waals surface area contributed by atoms with Crippen molar-refractivity contribution in [3.8, 4) is 17.0 Å². The molecule has 0 aliphatic carbocycles. The molecule has 168 valence electrons. The molecule has 32 heavy (non-hydrogen) atoms. The zero-order chi connectivity index (χ0) is 22.9. The van der Waals surface area contributed by atoms with Gasteiger partial charge in [0.15, 0.2) is 5.82 Å². The van der Waals surface area contributed by atoms with Crippen LogP contribution in [0.4, 0.5) is 19.0 Å². The Hall–Kier alpha value is -3.40. The molecular weight excluding hydrogens is 425 g/mol. The molecule has 3 N–H and O–H groups in total. The first-order valence-electron chi connectivity index (χ1n) is 10.1. The van der Waals surface area contributed by atoms with Gasteiger partial charge in [-0.25, -0.2) is 0 Å². The van der Waals surface area contributed by atoms with Crippen molar-refractivity contribution in [1.82, 2.24) is 15.1 Å². The second kappa shape index (κ2) is 8.62. The van der Waals surface area contributed by atoms with E-state index < -0.39 is 23.5 Å². The minimum absolute atomic E-state index is 0.0221. The maximum Gasteiger partial charge on any atom is 0.416 e. The molecule has 10 heteroatoms. The van der Waals surface area contributed by atoms with Crippen LogP contribution < -0.4 is 5.32 Å². The Morgan fingerprint density at radius 1 is 1.16 bits per heavy atom. The molecular formula is C22H21F3N4O3. The molecule has 0 radical (unpaired) electrons. The number of aromatic nitrogens is 2. The Bertz CT molecular complexity index is 1150. The molecule has 1 atom stereocenters. The Kier molecular flexibility index (Phi) is 5.88. The van der Waals surface area contributed by atoms with E-state index >= 15 is 0 Å². The summed E-state index contributed by atoms with van der Waals surface area (Å²) >= 11 is 0. The third kappa shape index (κ3) is 4.59. The number of likely N-dealkylation sites (tertiary alicyclic amines) is 1. The number of aromatic hydroxyl groups is 1. The third-order valence-electron chi connectivity index (χ3n) is 5.47. The van der Waals surface area contributed by atoms with Crippen molar-refractivity contribution in [2.24, 2.45) is 0 Å². The number of nitrogens with one attached hydrogen (secondary N) is 1. The Labute approximate surface area is 181 Å². The summed E-state index contributed by atoms with van der Waals surface area (Å²) in [6.07, 6.45) is -2.88. The van der Waals surface area contributed by atoms with Crippen LogP contribution in [0, 0.1) is 0 Å². The van der Waals surface area contributed by atoms with E-state index in [0.717, 1.165) is 18.9 Å². The van der Waals surface area contributed by atoms with Gasteiger partial charge < -0.3 is 15.5 Å². The second-order valence-corrected chi connectivity index (χ2v) is 7.78. The van der Waals surface area contributed by atoms with Crippen LogP contribution in [0.25, 0.3) is 22.0 Å². The van der Waals surface area contributed by atoms with E-state index in [-0.39, 0.29) is 23.8 Å². The summed E-state index contributed by atoms with van der Waals surface area (Å²) in [7, 11) is 0. The number of rotatable bonds is 5. The fourth-order valence-corrected chi connectivity index (χ4v) is 4.02. The van der Waals surface area contributed by atoms with Gasteiger partial charge in [-0.05, 0) is 37.6 Å².